The maximum absolute atomic E-state index is 4.29. The molecule has 1 aromatic rings. The topological polar surface area (TPSA) is 39.7 Å². The minimum atomic E-state index is 0. The first-order chi connectivity index (χ1) is 10.3. The molecule has 1 heterocycles. The molecule has 1 saturated heterocycles. The van der Waals surface area contributed by atoms with E-state index in [-0.39, 0.29) is 24.0 Å². The molecule has 124 valence electrons. The highest BCUT2D eigenvalue weighted by molar-refractivity contribution is 14.0. The molecular weight excluding hydrogens is 387 g/mol. The van der Waals surface area contributed by atoms with E-state index in [1.54, 1.807) is 0 Å². The Bertz CT molecular complexity index is 436. The molecule has 0 amide bonds. The van der Waals surface area contributed by atoms with Crippen molar-refractivity contribution in [2.24, 2.45) is 4.99 Å². The van der Waals surface area contributed by atoms with Crippen molar-refractivity contribution in [1.29, 1.82) is 0 Å². The SMILES string of the molecule is CN=C(NCCCc1ccccc1)NCC1CCCN1C.I. The summed E-state index contributed by atoms with van der Waals surface area (Å²) in [5, 5.41) is 6.84. The Hall–Kier alpha value is -0.820. The molecule has 1 fully saturated rings. The van der Waals surface area contributed by atoms with Gasteiger partial charge in [-0.25, -0.2) is 0 Å². The minimum absolute atomic E-state index is 0. The molecule has 1 aliphatic heterocycles. The average Bonchev–Trinajstić information content (AvgIpc) is 2.93. The summed E-state index contributed by atoms with van der Waals surface area (Å²) in [6.45, 7) is 3.15. The van der Waals surface area contributed by atoms with Crippen molar-refractivity contribution in [1.82, 2.24) is 15.5 Å². The summed E-state index contributed by atoms with van der Waals surface area (Å²) in [5.74, 6) is 0.920. The van der Waals surface area contributed by atoms with Crippen LogP contribution in [0.1, 0.15) is 24.8 Å². The van der Waals surface area contributed by atoms with Crippen LogP contribution in [-0.4, -0.2) is 50.6 Å². The van der Waals surface area contributed by atoms with Gasteiger partial charge in [-0.05, 0) is 44.8 Å². The van der Waals surface area contributed by atoms with Crippen molar-refractivity contribution in [3.8, 4) is 0 Å². The lowest BCUT2D eigenvalue weighted by Gasteiger charge is -2.21. The van der Waals surface area contributed by atoms with Gasteiger partial charge in [-0.1, -0.05) is 30.3 Å². The van der Waals surface area contributed by atoms with Gasteiger partial charge in [-0.2, -0.15) is 0 Å². The molecule has 5 heteroatoms. The third-order valence-electron chi connectivity index (χ3n) is 4.18. The van der Waals surface area contributed by atoms with E-state index < -0.39 is 0 Å². The van der Waals surface area contributed by atoms with Crippen LogP contribution in [0.15, 0.2) is 35.3 Å². The molecule has 1 atom stereocenters. The van der Waals surface area contributed by atoms with Crippen LogP contribution < -0.4 is 10.6 Å². The molecule has 2 N–H and O–H groups in total. The van der Waals surface area contributed by atoms with Crippen molar-refractivity contribution in [2.75, 3.05) is 33.7 Å². The molecule has 22 heavy (non-hydrogen) atoms. The lowest BCUT2D eigenvalue weighted by molar-refractivity contribution is 0.309. The monoisotopic (exact) mass is 416 g/mol. The molecular formula is C17H29IN4. The van der Waals surface area contributed by atoms with Gasteiger partial charge in [0.1, 0.15) is 0 Å². The van der Waals surface area contributed by atoms with Gasteiger partial charge in [0, 0.05) is 26.2 Å². The third kappa shape index (κ3) is 6.52. The molecule has 0 spiro atoms. The fourth-order valence-electron chi connectivity index (χ4n) is 2.82. The number of likely N-dealkylation sites (N-methyl/N-ethyl adjacent to an activating group) is 1. The van der Waals surface area contributed by atoms with Crippen LogP contribution in [-0.2, 0) is 6.42 Å². The first kappa shape index (κ1) is 19.2. The quantitative estimate of drug-likeness (QED) is 0.324. The molecule has 0 radical (unpaired) electrons. The summed E-state index contributed by atoms with van der Waals surface area (Å²) in [6, 6.07) is 11.3. The predicted octanol–water partition coefficient (Wildman–Crippen LogP) is 2.50. The van der Waals surface area contributed by atoms with E-state index in [0.29, 0.717) is 6.04 Å². The number of nitrogens with one attached hydrogen (secondary N) is 2. The zero-order valence-electron chi connectivity index (χ0n) is 13.7. The van der Waals surface area contributed by atoms with Crippen LogP contribution in [0, 0.1) is 0 Å². The summed E-state index contributed by atoms with van der Waals surface area (Å²) in [6.07, 6.45) is 4.82. The first-order valence-electron chi connectivity index (χ1n) is 7.98. The van der Waals surface area contributed by atoms with Crippen molar-refractivity contribution < 1.29 is 0 Å². The summed E-state index contributed by atoms with van der Waals surface area (Å²) in [7, 11) is 4.04. The molecule has 1 aliphatic rings. The normalized spacial score (nSPS) is 18.8. The maximum Gasteiger partial charge on any atom is 0.191 e. The van der Waals surface area contributed by atoms with Crippen LogP contribution in [0.2, 0.25) is 0 Å². The molecule has 0 saturated carbocycles. The number of nitrogens with zero attached hydrogens (tertiary/aromatic N) is 2. The molecule has 0 bridgehead atoms. The number of hydrogen-bond donors (Lipinski definition) is 2. The van der Waals surface area contributed by atoms with E-state index in [0.717, 1.165) is 31.9 Å². The number of guanidine groups is 1. The molecule has 1 aromatic carbocycles. The number of hydrogen-bond acceptors (Lipinski definition) is 2. The Morgan fingerprint density at radius 2 is 2.05 bits per heavy atom. The second-order valence-electron chi connectivity index (χ2n) is 5.75. The van der Waals surface area contributed by atoms with Gasteiger partial charge in [-0.3, -0.25) is 4.99 Å². The lowest BCUT2D eigenvalue weighted by atomic mass is 10.1. The van der Waals surface area contributed by atoms with Gasteiger partial charge in [0.25, 0.3) is 0 Å². The predicted molar refractivity (Wildman–Crippen MR) is 105 cm³/mol. The van der Waals surface area contributed by atoms with Gasteiger partial charge in [0.2, 0.25) is 0 Å². The summed E-state index contributed by atoms with van der Waals surface area (Å²) >= 11 is 0. The summed E-state index contributed by atoms with van der Waals surface area (Å²) in [5.41, 5.74) is 1.40. The zero-order chi connectivity index (χ0) is 14.9. The number of aryl methyl sites for hydroxylation is 1. The molecule has 1 unspecified atom stereocenters. The van der Waals surface area contributed by atoms with E-state index in [4.69, 9.17) is 0 Å². The van der Waals surface area contributed by atoms with Gasteiger partial charge >= 0.3 is 0 Å². The molecule has 0 aromatic heterocycles. The Morgan fingerprint density at radius 1 is 1.27 bits per heavy atom. The highest BCUT2D eigenvalue weighted by Gasteiger charge is 2.20. The van der Waals surface area contributed by atoms with Crippen LogP contribution in [0.4, 0.5) is 0 Å². The van der Waals surface area contributed by atoms with Crippen LogP contribution in [0.25, 0.3) is 0 Å². The van der Waals surface area contributed by atoms with Gasteiger partial charge in [0.15, 0.2) is 5.96 Å². The van der Waals surface area contributed by atoms with E-state index in [2.05, 4.69) is 57.9 Å². The standard InChI is InChI=1S/C17H28N4.HI/c1-18-17(20-14-16-11-7-13-21(16)2)19-12-6-10-15-8-4-3-5-9-15;/h3-5,8-9,16H,6-7,10-14H2,1-2H3,(H2,18,19,20);1H. The van der Waals surface area contributed by atoms with Crippen molar-refractivity contribution in [3.63, 3.8) is 0 Å². The van der Waals surface area contributed by atoms with Gasteiger partial charge in [-0.15, -0.1) is 24.0 Å². The first-order valence-corrected chi connectivity index (χ1v) is 7.98. The molecule has 0 aliphatic carbocycles. The Labute approximate surface area is 151 Å². The largest absolute Gasteiger partial charge is 0.356 e. The Kier molecular flexibility index (Phi) is 9.47. The second kappa shape index (κ2) is 10.8. The average molecular weight is 416 g/mol. The van der Waals surface area contributed by atoms with Crippen molar-refractivity contribution in [2.45, 2.75) is 31.7 Å². The Morgan fingerprint density at radius 3 is 2.68 bits per heavy atom. The van der Waals surface area contributed by atoms with E-state index >= 15 is 0 Å². The number of halogens is 1. The fourth-order valence-corrected chi connectivity index (χ4v) is 2.82. The minimum Gasteiger partial charge on any atom is -0.356 e. The maximum atomic E-state index is 4.29. The smallest absolute Gasteiger partial charge is 0.191 e. The molecule has 2 rings (SSSR count). The van der Waals surface area contributed by atoms with E-state index in [9.17, 15) is 0 Å². The fraction of sp³-hybridized carbons (Fsp3) is 0.588. The van der Waals surface area contributed by atoms with Crippen molar-refractivity contribution in [3.05, 3.63) is 35.9 Å². The number of rotatable bonds is 6. The lowest BCUT2D eigenvalue weighted by Crippen LogP contribution is -2.44. The van der Waals surface area contributed by atoms with Crippen LogP contribution in [0.3, 0.4) is 0 Å². The highest BCUT2D eigenvalue weighted by Crippen LogP contribution is 2.13. The van der Waals surface area contributed by atoms with Crippen LogP contribution >= 0.6 is 24.0 Å². The molecule has 4 nitrogen and oxygen atoms in total. The number of likely N-dealkylation sites (tertiary alicyclic amines) is 1. The van der Waals surface area contributed by atoms with E-state index in [1.807, 2.05) is 7.05 Å². The van der Waals surface area contributed by atoms with Gasteiger partial charge < -0.3 is 15.5 Å². The van der Waals surface area contributed by atoms with Gasteiger partial charge in [0.05, 0.1) is 0 Å². The highest BCUT2D eigenvalue weighted by atomic mass is 127. The van der Waals surface area contributed by atoms with Crippen LogP contribution in [0.5, 0.6) is 0 Å². The summed E-state index contributed by atoms with van der Waals surface area (Å²) in [4.78, 5) is 6.72. The number of aliphatic imine (C=N–C) groups is 1. The van der Waals surface area contributed by atoms with E-state index in [1.165, 1.54) is 24.9 Å². The second-order valence-corrected chi connectivity index (χ2v) is 5.75. The zero-order valence-corrected chi connectivity index (χ0v) is 16.0. The van der Waals surface area contributed by atoms with Crippen molar-refractivity contribution >= 4 is 29.9 Å². The summed E-state index contributed by atoms with van der Waals surface area (Å²) < 4.78 is 0. The Balaban J connectivity index is 0.00000242. The third-order valence-corrected chi connectivity index (χ3v) is 4.18. The number of benzene rings is 1.